The van der Waals surface area contributed by atoms with Crippen LogP contribution in [-0.4, -0.2) is 36.1 Å². The molecule has 0 spiro atoms. The van der Waals surface area contributed by atoms with Crippen molar-refractivity contribution in [2.45, 2.75) is 39.2 Å². The first-order valence-electron chi connectivity index (χ1n) is 7.43. The highest BCUT2D eigenvalue weighted by Crippen LogP contribution is 2.26. The van der Waals surface area contributed by atoms with Crippen LogP contribution in [-0.2, 0) is 11.2 Å². The highest BCUT2D eigenvalue weighted by atomic mass is 16.3. The molecule has 0 aliphatic heterocycles. The van der Waals surface area contributed by atoms with Crippen molar-refractivity contribution >= 4 is 5.91 Å². The van der Waals surface area contributed by atoms with E-state index in [9.17, 15) is 9.90 Å². The third-order valence-electron chi connectivity index (χ3n) is 3.75. The maximum absolute atomic E-state index is 11.5. The van der Waals surface area contributed by atoms with Crippen LogP contribution in [0.2, 0.25) is 0 Å². The zero-order valence-electron chi connectivity index (χ0n) is 13.5. The zero-order chi connectivity index (χ0) is 15.9. The van der Waals surface area contributed by atoms with E-state index in [0.717, 1.165) is 6.42 Å². The second-order valence-corrected chi connectivity index (χ2v) is 6.26. The molecule has 0 saturated carbocycles. The van der Waals surface area contributed by atoms with Gasteiger partial charge in [0.05, 0.1) is 6.10 Å². The number of amides is 1. The van der Waals surface area contributed by atoms with Gasteiger partial charge in [0, 0.05) is 25.9 Å². The molecule has 0 unspecified atom stereocenters. The van der Waals surface area contributed by atoms with Crippen molar-refractivity contribution in [2.24, 2.45) is 5.41 Å². The molecule has 1 amide bonds. The Hall–Kier alpha value is -1.61. The minimum Gasteiger partial charge on any atom is -0.392 e. The molecule has 0 fully saturated rings. The van der Waals surface area contributed by atoms with Gasteiger partial charge in [-0.05, 0) is 18.4 Å². The minimum atomic E-state index is -0.427. The molecule has 21 heavy (non-hydrogen) atoms. The fraction of sp³-hybridized carbons (Fsp3) is 0.500. The number of carbonyl (C=O) groups excluding carboxylic acids is 1. The Morgan fingerprint density at radius 2 is 1.90 bits per heavy atom. The summed E-state index contributed by atoms with van der Waals surface area (Å²) >= 11 is 0. The van der Waals surface area contributed by atoms with Crippen molar-refractivity contribution < 1.29 is 9.90 Å². The molecule has 0 aromatic heterocycles. The lowest BCUT2D eigenvalue weighted by Gasteiger charge is -2.27. The Labute approximate surface area is 128 Å². The first-order chi connectivity index (χ1) is 9.83. The van der Waals surface area contributed by atoms with E-state index in [0.29, 0.717) is 12.8 Å². The molecule has 0 bridgehead atoms. The summed E-state index contributed by atoms with van der Waals surface area (Å²) in [5.41, 5.74) is 0.903. The predicted octanol–water partition coefficient (Wildman–Crippen LogP) is 3.04. The number of aliphatic hydroxyl groups excluding tert-OH is 1. The highest BCUT2D eigenvalue weighted by Gasteiger charge is 2.24. The van der Waals surface area contributed by atoms with E-state index in [1.165, 1.54) is 5.56 Å². The van der Waals surface area contributed by atoms with Crippen molar-refractivity contribution in [3.8, 4) is 0 Å². The monoisotopic (exact) mass is 289 g/mol. The van der Waals surface area contributed by atoms with Crippen LogP contribution in [0.3, 0.4) is 0 Å². The third kappa shape index (κ3) is 6.13. The summed E-state index contributed by atoms with van der Waals surface area (Å²) in [5, 5.41) is 10.4. The van der Waals surface area contributed by atoms with Crippen molar-refractivity contribution in [3.05, 3.63) is 48.0 Å². The van der Waals surface area contributed by atoms with Gasteiger partial charge in [0.2, 0.25) is 5.91 Å². The number of hydrogen-bond acceptors (Lipinski definition) is 2. The predicted molar refractivity (Wildman–Crippen MR) is 87.0 cm³/mol. The number of rotatable bonds is 7. The summed E-state index contributed by atoms with van der Waals surface area (Å²) in [5.74, 6) is 0.0702. The first-order valence-corrected chi connectivity index (χ1v) is 7.43. The molecule has 1 atom stereocenters. The Morgan fingerprint density at radius 1 is 1.29 bits per heavy atom. The molecule has 0 aliphatic rings. The van der Waals surface area contributed by atoms with Gasteiger partial charge in [-0.2, -0.15) is 0 Å². The number of aryl methyl sites for hydroxylation is 1. The number of carbonyl (C=O) groups is 1. The minimum absolute atomic E-state index is 0.0702. The molecule has 0 saturated heterocycles. The normalized spacial score (nSPS) is 13.4. The van der Waals surface area contributed by atoms with Gasteiger partial charge in [0.25, 0.3) is 0 Å². The van der Waals surface area contributed by atoms with Crippen molar-refractivity contribution in [1.82, 2.24) is 4.90 Å². The maximum Gasteiger partial charge on any atom is 0.225 e. The molecule has 0 heterocycles. The van der Waals surface area contributed by atoms with E-state index < -0.39 is 6.10 Å². The molecule has 1 aromatic carbocycles. The zero-order valence-corrected chi connectivity index (χ0v) is 13.5. The van der Waals surface area contributed by atoms with Crippen LogP contribution in [0, 0.1) is 5.41 Å². The number of aliphatic hydroxyl groups is 1. The Balaban J connectivity index is 2.49. The van der Waals surface area contributed by atoms with E-state index in [2.05, 4.69) is 12.1 Å². The summed E-state index contributed by atoms with van der Waals surface area (Å²) in [4.78, 5) is 13.1. The Morgan fingerprint density at radius 3 is 2.48 bits per heavy atom. The molecule has 1 N–H and O–H groups in total. The molecular weight excluding hydrogens is 262 g/mol. The average Bonchev–Trinajstić information content (AvgIpc) is 2.45. The summed E-state index contributed by atoms with van der Waals surface area (Å²) in [6.45, 7) is 4.00. The van der Waals surface area contributed by atoms with Gasteiger partial charge < -0.3 is 10.0 Å². The molecule has 3 heteroatoms. The Bertz CT molecular complexity index is 463. The quantitative estimate of drug-likeness (QED) is 0.784. The fourth-order valence-corrected chi connectivity index (χ4v) is 2.08. The van der Waals surface area contributed by atoms with Crippen LogP contribution >= 0.6 is 0 Å². The van der Waals surface area contributed by atoms with Crippen LogP contribution in [0.4, 0.5) is 0 Å². The third-order valence-corrected chi connectivity index (χ3v) is 3.75. The van der Waals surface area contributed by atoms with E-state index in [1.807, 2.05) is 44.2 Å². The lowest BCUT2D eigenvalue weighted by molar-refractivity contribution is -0.127. The van der Waals surface area contributed by atoms with E-state index in [-0.39, 0.29) is 11.3 Å². The van der Waals surface area contributed by atoms with Gasteiger partial charge in [-0.15, -0.1) is 0 Å². The topological polar surface area (TPSA) is 40.5 Å². The van der Waals surface area contributed by atoms with Crippen LogP contribution in [0.1, 0.15) is 32.3 Å². The van der Waals surface area contributed by atoms with E-state index in [1.54, 1.807) is 19.0 Å². The molecular formula is C18H27NO2. The molecule has 1 aromatic rings. The van der Waals surface area contributed by atoms with Gasteiger partial charge in [-0.3, -0.25) is 4.79 Å². The van der Waals surface area contributed by atoms with E-state index >= 15 is 0 Å². The van der Waals surface area contributed by atoms with Gasteiger partial charge in [0.15, 0.2) is 0 Å². The summed E-state index contributed by atoms with van der Waals surface area (Å²) < 4.78 is 0. The molecule has 116 valence electrons. The molecule has 3 nitrogen and oxygen atoms in total. The standard InChI is InChI=1S/C18H27NO2/c1-18(2,14-8-11-17(21)19(3)4)16(20)13-12-15-9-6-5-7-10-15/h5-10,14,16,20H,11-13H2,1-4H3/b14-8-/t16-/m1/s1. The lowest BCUT2D eigenvalue weighted by atomic mass is 9.83. The van der Waals surface area contributed by atoms with Gasteiger partial charge in [-0.1, -0.05) is 56.3 Å². The van der Waals surface area contributed by atoms with Crippen LogP contribution in [0.15, 0.2) is 42.5 Å². The number of benzene rings is 1. The van der Waals surface area contributed by atoms with Crippen LogP contribution < -0.4 is 0 Å². The van der Waals surface area contributed by atoms with Crippen LogP contribution in [0.5, 0.6) is 0 Å². The lowest BCUT2D eigenvalue weighted by Crippen LogP contribution is -2.28. The number of hydrogen-bond donors (Lipinski definition) is 1. The van der Waals surface area contributed by atoms with E-state index in [4.69, 9.17) is 0 Å². The first kappa shape index (κ1) is 17.4. The Kier molecular flexibility index (Phi) is 6.63. The second-order valence-electron chi connectivity index (χ2n) is 6.26. The van der Waals surface area contributed by atoms with Crippen molar-refractivity contribution in [2.75, 3.05) is 14.1 Å². The smallest absolute Gasteiger partial charge is 0.225 e. The largest absolute Gasteiger partial charge is 0.392 e. The van der Waals surface area contributed by atoms with Gasteiger partial charge in [0.1, 0.15) is 0 Å². The van der Waals surface area contributed by atoms with Crippen molar-refractivity contribution in [1.29, 1.82) is 0 Å². The molecule has 0 aliphatic carbocycles. The summed E-state index contributed by atoms with van der Waals surface area (Å²) in [6, 6.07) is 10.2. The molecule has 1 rings (SSSR count). The van der Waals surface area contributed by atoms with Crippen molar-refractivity contribution in [3.63, 3.8) is 0 Å². The average molecular weight is 289 g/mol. The fourth-order valence-electron chi connectivity index (χ4n) is 2.08. The van der Waals surface area contributed by atoms with Gasteiger partial charge >= 0.3 is 0 Å². The number of nitrogens with zero attached hydrogens (tertiary/aromatic N) is 1. The highest BCUT2D eigenvalue weighted by molar-refractivity contribution is 5.77. The summed E-state index contributed by atoms with van der Waals surface area (Å²) in [6.07, 6.45) is 5.32. The maximum atomic E-state index is 11.5. The summed E-state index contributed by atoms with van der Waals surface area (Å²) in [7, 11) is 3.49. The van der Waals surface area contributed by atoms with Gasteiger partial charge in [-0.25, -0.2) is 0 Å². The second kappa shape index (κ2) is 7.99. The SMILES string of the molecule is CN(C)C(=O)C/C=C\C(C)(C)[C@H](O)CCc1ccccc1. The molecule has 0 radical (unpaired) electrons. The van der Waals surface area contributed by atoms with Crippen LogP contribution in [0.25, 0.3) is 0 Å².